The van der Waals surface area contributed by atoms with Gasteiger partial charge in [-0.25, -0.2) is 4.98 Å². The highest BCUT2D eigenvalue weighted by Crippen LogP contribution is 2.14. The number of carbonyl (C=O) groups is 2. The highest BCUT2D eigenvalue weighted by Gasteiger charge is 2.18. The molecular weight excluding hydrogens is 332 g/mol. The number of hydrogen-bond donors (Lipinski definition) is 1. The van der Waals surface area contributed by atoms with E-state index in [1.165, 1.54) is 11.3 Å². The molecule has 0 fully saturated rings. The fraction of sp³-hybridized carbons (Fsp3) is 0.0500. The Labute approximate surface area is 149 Å². The Morgan fingerprint density at radius 1 is 1.04 bits per heavy atom. The molecule has 0 aliphatic heterocycles. The number of aromatic nitrogens is 1. The zero-order valence-electron chi connectivity index (χ0n) is 13.6. The number of amides is 1. The third-order valence-electron chi connectivity index (χ3n) is 3.54. The van der Waals surface area contributed by atoms with Crippen molar-refractivity contribution in [2.45, 2.75) is 6.92 Å². The lowest BCUT2D eigenvalue weighted by molar-refractivity contribution is 0.0934. The summed E-state index contributed by atoms with van der Waals surface area (Å²) in [6, 6.07) is 16.6. The quantitative estimate of drug-likeness (QED) is 0.558. The summed E-state index contributed by atoms with van der Waals surface area (Å²) < 4.78 is 0. The summed E-state index contributed by atoms with van der Waals surface area (Å²) in [5.74, 6) is -0.633. The van der Waals surface area contributed by atoms with Crippen LogP contribution in [-0.2, 0) is 0 Å². The first-order chi connectivity index (χ1) is 12.1. The lowest BCUT2D eigenvalue weighted by Gasteiger charge is -2.09. The Kier molecular flexibility index (Phi) is 5.16. The van der Waals surface area contributed by atoms with E-state index in [4.69, 9.17) is 0 Å². The Balaban J connectivity index is 1.91. The third-order valence-corrected chi connectivity index (χ3v) is 4.32. The van der Waals surface area contributed by atoms with Crippen LogP contribution in [-0.4, -0.2) is 16.7 Å². The van der Waals surface area contributed by atoms with Gasteiger partial charge in [-0.1, -0.05) is 48.0 Å². The van der Waals surface area contributed by atoms with Gasteiger partial charge in [0.2, 0.25) is 5.78 Å². The number of aryl methyl sites for hydroxylation is 1. The molecule has 5 heteroatoms. The van der Waals surface area contributed by atoms with Crippen LogP contribution in [0.4, 0.5) is 0 Å². The van der Waals surface area contributed by atoms with Gasteiger partial charge in [0.25, 0.3) is 5.91 Å². The topological polar surface area (TPSA) is 59.1 Å². The molecule has 0 unspecified atom stereocenters. The Morgan fingerprint density at radius 3 is 2.40 bits per heavy atom. The number of benzene rings is 2. The predicted molar refractivity (Wildman–Crippen MR) is 99.5 cm³/mol. The standard InChI is InChI=1S/C20H16N2O2S/c1-14-7-9-16(10-8-14)19(24)22-17(13-15-5-3-2-4-6-15)18(23)20-21-11-12-25-20/h2-13H,1H3,(H,22,24). The van der Waals surface area contributed by atoms with Gasteiger partial charge >= 0.3 is 0 Å². The van der Waals surface area contributed by atoms with Crippen LogP contribution in [0.25, 0.3) is 6.08 Å². The molecule has 4 nitrogen and oxygen atoms in total. The Bertz CT molecular complexity index is 899. The number of thiazole rings is 1. The van der Waals surface area contributed by atoms with E-state index in [-0.39, 0.29) is 17.4 Å². The molecule has 1 aromatic heterocycles. The molecular formula is C20H16N2O2S. The van der Waals surface area contributed by atoms with Crippen LogP contribution >= 0.6 is 11.3 Å². The van der Waals surface area contributed by atoms with Crippen LogP contribution in [0.2, 0.25) is 0 Å². The third kappa shape index (κ3) is 4.28. The minimum atomic E-state index is -0.327. The number of allylic oxidation sites excluding steroid dienone is 1. The van der Waals surface area contributed by atoms with Gasteiger partial charge in [0.05, 0.1) is 5.70 Å². The highest BCUT2D eigenvalue weighted by atomic mass is 32.1. The SMILES string of the molecule is Cc1ccc(C(=O)NC(=Cc2ccccc2)C(=O)c2nccs2)cc1. The number of Topliss-reactive ketones (excluding diaryl/α,β-unsaturated/α-hetero) is 1. The second-order valence-electron chi connectivity index (χ2n) is 5.46. The maximum atomic E-state index is 12.7. The molecule has 0 aliphatic carbocycles. The van der Waals surface area contributed by atoms with Gasteiger partial charge in [-0.2, -0.15) is 0 Å². The largest absolute Gasteiger partial charge is 0.319 e. The van der Waals surface area contributed by atoms with E-state index in [0.717, 1.165) is 11.1 Å². The predicted octanol–water partition coefficient (Wildman–Crippen LogP) is 4.11. The summed E-state index contributed by atoms with van der Waals surface area (Å²) in [6.07, 6.45) is 3.23. The monoisotopic (exact) mass is 348 g/mol. The van der Waals surface area contributed by atoms with Crippen molar-refractivity contribution in [1.29, 1.82) is 0 Å². The highest BCUT2D eigenvalue weighted by molar-refractivity contribution is 7.11. The van der Waals surface area contributed by atoms with Crippen molar-refractivity contribution in [3.63, 3.8) is 0 Å². The van der Waals surface area contributed by atoms with Crippen molar-refractivity contribution in [2.75, 3.05) is 0 Å². The zero-order chi connectivity index (χ0) is 17.6. The minimum absolute atomic E-state index is 0.201. The molecule has 3 rings (SSSR count). The van der Waals surface area contributed by atoms with Gasteiger partial charge in [0.15, 0.2) is 5.01 Å². The van der Waals surface area contributed by atoms with E-state index in [9.17, 15) is 9.59 Å². The number of nitrogens with one attached hydrogen (secondary N) is 1. The minimum Gasteiger partial charge on any atom is -0.319 e. The van der Waals surface area contributed by atoms with Crippen molar-refractivity contribution >= 4 is 29.1 Å². The molecule has 2 aromatic carbocycles. The molecule has 3 aromatic rings. The lowest BCUT2D eigenvalue weighted by Crippen LogP contribution is -2.27. The van der Waals surface area contributed by atoms with Gasteiger partial charge < -0.3 is 5.32 Å². The van der Waals surface area contributed by atoms with Crippen LogP contribution in [0, 0.1) is 6.92 Å². The van der Waals surface area contributed by atoms with Gasteiger partial charge in [0, 0.05) is 17.1 Å². The summed E-state index contributed by atoms with van der Waals surface area (Å²) in [5.41, 5.74) is 2.59. The van der Waals surface area contributed by atoms with Crippen LogP contribution in [0.15, 0.2) is 71.9 Å². The smallest absolute Gasteiger partial charge is 0.255 e. The van der Waals surface area contributed by atoms with Crippen LogP contribution in [0.5, 0.6) is 0 Å². The molecule has 0 aliphatic rings. The summed E-state index contributed by atoms with van der Waals surface area (Å²) in [7, 11) is 0. The average Bonchev–Trinajstić information content (AvgIpc) is 3.16. The van der Waals surface area contributed by atoms with Crippen molar-refractivity contribution in [1.82, 2.24) is 10.3 Å². The normalized spacial score (nSPS) is 11.2. The number of hydrogen-bond acceptors (Lipinski definition) is 4. The molecule has 0 saturated heterocycles. The van der Waals surface area contributed by atoms with Crippen LogP contribution in [0.3, 0.4) is 0 Å². The fourth-order valence-electron chi connectivity index (χ4n) is 2.22. The van der Waals surface area contributed by atoms with Crippen LogP contribution < -0.4 is 5.32 Å². The zero-order valence-corrected chi connectivity index (χ0v) is 14.4. The van der Waals surface area contributed by atoms with Crippen molar-refractivity contribution < 1.29 is 9.59 Å². The number of rotatable bonds is 5. The van der Waals surface area contributed by atoms with Crippen LogP contribution in [0.1, 0.15) is 31.3 Å². The summed E-state index contributed by atoms with van der Waals surface area (Å²) in [5, 5.41) is 4.80. The maximum absolute atomic E-state index is 12.7. The van der Waals surface area contributed by atoms with Crippen molar-refractivity contribution in [3.05, 3.63) is 93.6 Å². The molecule has 25 heavy (non-hydrogen) atoms. The molecule has 1 N–H and O–H groups in total. The Hall–Kier alpha value is -3.05. The van der Waals surface area contributed by atoms with Gasteiger partial charge in [-0.15, -0.1) is 11.3 Å². The van der Waals surface area contributed by atoms with E-state index in [0.29, 0.717) is 10.6 Å². The number of nitrogens with zero attached hydrogens (tertiary/aromatic N) is 1. The first-order valence-corrected chi connectivity index (χ1v) is 8.60. The molecule has 0 atom stereocenters. The van der Waals surface area contributed by atoms with E-state index in [1.54, 1.807) is 29.8 Å². The average molecular weight is 348 g/mol. The first-order valence-electron chi connectivity index (χ1n) is 7.72. The summed E-state index contributed by atoms with van der Waals surface area (Å²) in [4.78, 5) is 29.3. The molecule has 0 saturated carbocycles. The molecule has 0 radical (unpaired) electrons. The second kappa shape index (κ2) is 7.68. The van der Waals surface area contributed by atoms with Crippen molar-refractivity contribution in [3.8, 4) is 0 Å². The molecule has 124 valence electrons. The van der Waals surface area contributed by atoms with Gasteiger partial charge in [-0.3, -0.25) is 9.59 Å². The summed E-state index contributed by atoms with van der Waals surface area (Å²) >= 11 is 1.24. The number of ketones is 1. The summed E-state index contributed by atoms with van der Waals surface area (Å²) in [6.45, 7) is 1.95. The van der Waals surface area contributed by atoms with E-state index < -0.39 is 0 Å². The van der Waals surface area contributed by atoms with Crippen molar-refractivity contribution in [2.24, 2.45) is 0 Å². The molecule has 0 spiro atoms. The van der Waals surface area contributed by atoms with E-state index in [1.807, 2.05) is 49.4 Å². The maximum Gasteiger partial charge on any atom is 0.255 e. The first kappa shape index (κ1) is 16.8. The lowest BCUT2D eigenvalue weighted by atomic mass is 10.1. The molecule has 1 amide bonds. The van der Waals surface area contributed by atoms with E-state index >= 15 is 0 Å². The van der Waals surface area contributed by atoms with Gasteiger partial charge in [0.1, 0.15) is 0 Å². The molecule has 0 bridgehead atoms. The van der Waals surface area contributed by atoms with Gasteiger partial charge in [-0.05, 0) is 30.7 Å². The Morgan fingerprint density at radius 2 is 1.76 bits per heavy atom. The van der Waals surface area contributed by atoms with E-state index in [2.05, 4.69) is 10.3 Å². The second-order valence-corrected chi connectivity index (χ2v) is 6.35. The molecule has 1 heterocycles. The number of carbonyl (C=O) groups excluding carboxylic acids is 2. The fourth-order valence-corrected chi connectivity index (χ4v) is 2.81.